The van der Waals surface area contributed by atoms with Crippen LogP contribution in [0.5, 0.6) is 0 Å². The molecule has 0 aliphatic heterocycles. The second-order valence-electron chi connectivity index (χ2n) is 3.55. The highest BCUT2D eigenvalue weighted by Crippen LogP contribution is 2.32. The molecule has 0 saturated carbocycles. The number of hydrogen-bond acceptors (Lipinski definition) is 3. The summed E-state index contributed by atoms with van der Waals surface area (Å²) < 4.78 is 0. The molecule has 0 unspecified atom stereocenters. The molecular weight excluding hydrogens is 309 g/mol. The molecule has 1 heterocycles. The molecule has 0 aliphatic rings. The number of nitrogens with one attached hydrogen (secondary N) is 1. The number of anilines is 1. The first-order chi connectivity index (χ1) is 9.00. The summed E-state index contributed by atoms with van der Waals surface area (Å²) in [5, 5.41) is 15.1. The zero-order chi connectivity index (χ0) is 14.0. The fraction of sp³-hybridized carbons (Fsp3) is 0. The summed E-state index contributed by atoms with van der Waals surface area (Å²) in [5.74, 6) is -1.69. The molecule has 19 heavy (non-hydrogen) atoms. The number of hydrogen-bond donors (Lipinski definition) is 2. The topological polar surface area (TPSA) is 66.4 Å². The Morgan fingerprint density at radius 2 is 1.84 bits per heavy atom. The molecule has 0 radical (unpaired) electrons. The van der Waals surface area contributed by atoms with Gasteiger partial charge in [0.25, 0.3) is 5.91 Å². The molecule has 0 fully saturated rings. The van der Waals surface area contributed by atoms with Gasteiger partial charge in [0.15, 0.2) is 0 Å². The van der Waals surface area contributed by atoms with Crippen molar-refractivity contribution in [2.24, 2.45) is 0 Å². The third-order valence-corrected chi connectivity index (χ3v) is 3.65. The Morgan fingerprint density at radius 1 is 1.16 bits per heavy atom. The molecule has 2 aromatic rings. The lowest BCUT2D eigenvalue weighted by Gasteiger charge is -2.11. The molecule has 0 spiro atoms. The van der Waals surface area contributed by atoms with Gasteiger partial charge in [-0.25, -0.2) is 4.79 Å². The second kappa shape index (κ2) is 5.61. The number of carbonyl (C=O) groups excluding carboxylic acids is 1. The van der Waals surface area contributed by atoms with E-state index in [4.69, 9.17) is 28.3 Å². The largest absolute Gasteiger partial charge is 0.478 e. The summed E-state index contributed by atoms with van der Waals surface area (Å²) in [5.41, 5.74) is 0.202. The van der Waals surface area contributed by atoms with Crippen LogP contribution < -0.4 is 5.32 Å². The number of aromatic carboxylic acids is 1. The highest BCUT2D eigenvalue weighted by Gasteiger charge is 2.20. The zero-order valence-corrected chi connectivity index (χ0v) is 11.6. The van der Waals surface area contributed by atoms with Gasteiger partial charge >= 0.3 is 5.97 Å². The molecule has 0 saturated heterocycles. The van der Waals surface area contributed by atoms with Crippen LogP contribution in [0.3, 0.4) is 0 Å². The minimum atomic E-state index is -1.26. The van der Waals surface area contributed by atoms with E-state index in [-0.39, 0.29) is 21.3 Å². The van der Waals surface area contributed by atoms with Crippen LogP contribution in [-0.2, 0) is 0 Å². The predicted octanol–water partition coefficient (Wildman–Crippen LogP) is 4.01. The Kier molecular flexibility index (Phi) is 4.09. The van der Waals surface area contributed by atoms with Crippen molar-refractivity contribution < 1.29 is 14.7 Å². The van der Waals surface area contributed by atoms with Crippen molar-refractivity contribution in [1.82, 2.24) is 0 Å². The van der Waals surface area contributed by atoms with Crippen LogP contribution in [0.1, 0.15) is 20.7 Å². The third kappa shape index (κ3) is 2.89. The molecule has 0 aliphatic carbocycles. The highest BCUT2D eigenvalue weighted by molar-refractivity contribution is 7.08. The van der Waals surface area contributed by atoms with Crippen molar-refractivity contribution in [1.29, 1.82) is 0 Å². The summed E-state index contributed by atoms with van der Waals surface area (Å²) in [6.07, 6.45) is 0. The number of halogens is 2. The van der Waals surface area contributed by atoms with Crippen LogP contribution in [0.4, 0.5) is 5.69 Å². The van der Waals surface area contributed by atoms with Gasteiger partial charge in [0, 0.05) is 5.38 Å². The molecule has 98 valence electrons. The summed E-state index contributed by atoms with van der Waals surface area (Å²) in [6.45, 7) is 0. The van der Waals surface area contributed by atoms with Gasteiger partial charge in [-0.1, -0.05) is 23.2 Å². The van der Waals surface area contributed by atoms with Crippen LogP contribution in [0.25, 0.3) is 0 Å². The molecule has 2 rings (SSSR count). The van der Waals surface area contributed by atoms with Gasteiger partial charge in [-0.3, -0.25) is 4.79 Å². The van der Waals surface area contributed by atoms with E-state index in [0.717, 1.165) is 0 Å². The fourth-order valence-corrected chi connectivity index (χ4v) is 2.54. The molecule has 0 bridgehead atoms. The Morgan fingerprint density at radius 3 is 2.42 bits per heavy atom. The van der Waals surface area contributed by atoms with Gasteiger partial charge in [0.05, 0.1) is 21.3 Å². The molecule has 4 nitrogen and oxygen atoms in total. The monoisotopic (exact) mass is 315 g/mol. The van der Waals surface area contributed by atoms with Gasteiger partial charge in [0.1, 0.15) is 5.56 Å². The Labute approximate surface area is 122 Å². The number of benzene rings is 1. The van der Waals surface area contributed by atoms with Crippen LogP contribution >= 0.6 is 34.5 Å². The first-order valence-electron chi connectivity index (χ1n) is 5.05. The summed E-state index contributed by atoms with van der Waals surface area (Å²) in [7, 11) is 0. The number of rotatable bonds is 3. The maximum Gasteiger partial charge on any atom is 0.339 e. The lowest BCUT2D eigenvalue weighted by molar-refractivity contribution is 0.0698. The Balaban J connectivity index is 2.42. The maximum absolute atomic E-state index is 11.9. The van der Waals surface area contributed by atoms with E-state index in [1.54, 1.807) is 16.8 Å². The van der Waals surface area contributed by atoms with E-state index in [9.17, 15) is 9.59 Å². The van der Waals surface area contributed by atoms with Crippen LogP contribution in [0.2, 0.25) is 10.0 Å². The van der Waals surface area contributed by atoms with E-state index in [1.165, 1.54) is 23.5 Å². The average Bonchev–Trinajstić information content (AvgIpc) is 2.87. The Bertz CT molecular complexity index is 641. The highest BCUT2D eigenvalue weighted by atomic mass is 35.5. The quantitative estimate of drug-likeness (QED) is 0.899. The van der Waals surface area contributed by atoms with E-state index in [0.29, 0.717) is 5.56 Å². The molecule has 7 heteroatoms. The van der Waals surface area contributed by atoms with Crippen molar-refractivity contribution in [2.45, 2.75) is 0 Å². The first kappa shape index (κ1) is 13.9. The predicted molar refractivity (Wildman–Crippen MR) is 75.7 cm³/mol. The van der Waals surface area contributed by atoms with Gasteiger partial charge in [-0.15, -0.1) is 0 Å². The van der Waals surface area contributed by atoms with Gasteiger partial charge in [-0.2, -0.15) is 11.3 Å². The fourth-order valence-electron chi connectivity index (χ4n) is 1.46. The van der Waals surface area contributed by atoms with Gasteiger partial charge in [-0.05, 0) is 23.6 Å². The molecule has 2 N–H and O–H groups in total. The Hall–Kier alpha value is -1.56. The lowest BCUT2D eigenvalue weighted by Crippen LogP contribution is -2.15. The minimum absolute atomic E-state index is 0.00198. The molecular formula is C12H7Cl2NO3S. The van der Waals surface area contributed by atoms with E-state index in [2.05, 4.69) is 5.32 Å². The normalized spacial score (nSPS) is 10.2. The van der Waals surface area contributed by atoms with E-state index >= 15 is 0 Å². The molecule has 0 atom stereocenters. The second-order valence-corrected chi connectivity index (χ2v) is 5.14. The lowest BCUT2D eigenvalue weighted by atomic mass is 10.1. The van der Waals surface area contributed by atoms with Crippen molar-refractivity contribution >= 4 is 52.1 Å². The standard InChI is InChI=1S/C12H7Cl2NO3S/c13-7-1-2-8(14)10(9(7)12(17)18)15-11(16)6-3-4-19-5-6/h1-5H,(H,15,16)(H,17,18). The van der Waals surface area contributed by atoms with Crippen LogP contribution in [-0.4, -0.2) is 17.0 Å². The zero-order valence-electron chi connectivity index (χ0n) is 9.31. The van der Waals surface area contributed by atoms with Crippen molar-refractivity contribution in [3.8, 4) is 0 Å². The summed E-state index contributed by atoms with van der Waals surface area (Å²) in [6, 6.07) is 4.42. The van der Waals surface area contributed by atoms with E-state index < -0.39 is 11.9 Å². The van der Waals surface area contributed by atoms with Crippen molar-refractivity contribution in [2.75, 3.05) is 5.32 Å². The molecule has 1 amide bonds. The van der Waals surface area contributed by atoms with Crippen molar-refractivity contribution in [3.63, 3.8) is 0 Å². The summed E-state index contributed by atoms with van der Waals surface area (Å²) >= 11 is 13.1. The number of carbonyl (C=O) groups is 2. The van der Waals surface area contributed by atoms with Crippen molar-refractivity contribution in [3.05, 3.63) is 50.1 Å². The number of carboxylic acid groups (broad SMARTS) is 1. The van der Waals surface area contributed by atoms with Gasteiger partial charge in [0.2, 0.25) is 0 Å². The average molecular weight is 316 g/mol. The molecule has 1 aromatic carbocycles. The van der Waals surface area contributed by atoms with Crippen LogP contribution in [0, 0.1) is 0 Å². The smallest absolute Gasteiger partial charge is 0.339 e. The van der Waals surface area contributed by atoms with Crippen LogP contribution in [0.15, 0.2) is 29.0 Å². The number of carboxylic acids is 1. The van der Waals surface area contributed by atoms with E-state index in [1.807, 2.05) is 0 Å². The minimum Gasteiger partial charge on any atom is -0.478 e. The first-order valence-corrected chi connectivity index (χ1v) is 6.75. The molecule has 1 aromatic heterocycles. The third-order valence-electron chi connectivity index (χ3n) is 2.34. The number of amides is 1. The SMILES string of the molecule is O=C(Nc1c(Cl)ccc(Cl)c1C(=O)O)c1ccsc1. The maximum atomic E-state index is 11.9. The number of thiophene rings is 1. The summed E-state index contributed by atoms with van der Waals surface area (Å²) in [4.78, 5) is 23.1. The van der Waals surface area contributed by atoms with Gasteiger partial charge < -0.3 is 10.4 Å².